The minimum atomic E-state index is -0.259. The molecule has 3 nitrogen and oxygen atoms in total. The normalized spacial score (nSPS) is 14.8. The van der Waals surface area contributed by atoms with Crippen molar-refractivity contribution in [1.29, 1.82) is 0 Å². The Kier molecular flexibility index (Phi) is 2.92. The van der Waals surface area contributed by atoms with Crippen molar-refractivity contribution in [2.24, 2.45) is 0 Å². The SMILES string of the molecule is Nc1ccc(I)cc1-c1nc2cc(F)ccc2n1C1CC1. The summed E-state index contributed by atoms with van der Waals surface area (Å²) in [5, 5.41) is 0. The molecular weight excluding hydrogens is 380 g/mol. The Hall–Kier alpha value is -1.63. The average Bonchev–Trinajstić information content (AvgIpc) is 3.22. The molecule has 1 aromatic heterocycles. The summed E-state index contributed by atoms with van der Waals surface area (Å²) in [6.45, 7) is 0. The van der Waals surface area contributed by atoms with Crippen LogP contribution in [0.1, 0.15) is 18.9 Å². The topological polar surface area (TPSA) is 43.8 Å². The van der Waals surface area contributed by atoms with Gasteiger partial charge >= 0.3 is 0 Å². The Morgan fingerprint density at radius 3 is 2.76 bits per heavy atom. The lowest BCUT2D eigenvalue weighted by atomic mass is 10.1. The Labute approximate surface area is 135 Å². The maximum Gasteiger partial charge on any atom is 0.143 e. The maximum absolute atomic E-state index is 13.5. The molecule has 1 aliphatic carbocycles. The number of nitrogens with two attached hydrogens (primary N) is 1. The number of halogens is 2. The van der Waals surface area contributed by atoms with Crippen molar-refractivity contribution in [1.82, 2.24) is 9.55 Å². The van der Waals surface area contributed by atoms with Crippen LogP contribution < -0.4 is 5.73 Å². The van der Waals surface area contributed by atoms with E-state index in [-0.39, 0.29) is 5.82 Å². The number of fused-ring (bicyclic) bond motifs is 1. The second-order valence-electron chi connectivity index (χ2n) is 5.40. The second kappa shape index (κ2) is 4.69. The molecule has 0 bridgehead atoms. The second-order valence-corrected chi connectivity index (χ2v) is 6.65. The third-order valence-electron chi connectivity index (χ3n) is 3.82. The van der Waals surface area contributed by atoms with E-state index >= 15 is 0 Å². The number of anilines is 1. The van der Waals surface area contributed by atoms with Crippen molar-refractivity contribution in [3.63, 3.8) is 0 Å². The van der Waals surface area contributed by atoms with Crippen LogP contribution in [0.25, 0.3) is 22.4 Å². The van der Waals surface area contributed by atoms with Crippen molar-refractivity contribution >= 4 is 39.3 Å². The molecule has 1 heterocycles. The van der Waals surface area contributed by atoms with Crippen LogP contribution >= 0.6 is 22.6 Å². The molecule has 2 aromatic carbocycles. The summed E-state index contributed by atoms with van der Waals surface area (Å²) in [5.74, 6) is 0.583. The van der Waals surface area contributed by atoms with Crippen LogP contribution in [0.3, 0.4) is 0 Å². The molecule has 2 N–H and O–H groups in total. The van der Waals surface area contributed by atoms with Crippen LogP contribution in [-0.4, -0.2) is 9.55 Å². The smallest absolute Gasteiger partial charge is 0.143 e. The van der Waals surface area contributed by atoms with Gasteiger partial charge in [-0.2, -0.15) is 0 Å². The van der Waals surface area contributed by atoms with Crippen molar-refractivity contribution < 1.29 is 4.39 Å². The van der Waals surface area contributed by atoms with Gasteiger partial charge in [-0.1, -0.05) is 0 Å². The van der Waals surface area contributed by atoms with Gasteiger partial charge in [0.15, 0.2) is 0 Å². The first kappa shape index (κ1) is 13.1. The van der Waals surface area contributed by atoms with Crippen molar-refractivity contribution in [3.8, 4) is 11.4 Å². The molecule has 1 aliphatic rings. The largest absolute Gasteiger partial charge is 0.398 e. The van der Waals surface area contributed by atoms with E-state index in [1.807, 2.05) is 24.3 Å². The Bertz CT molecular complexity index is 852. The van der Waals surface area contributed by atoms with Crippen LogP contribution in [0.5, 0.6) is 0 Å². The van der Waals surface area contributed by atoms with Gasteiger partial charge in [0.1, 0.15) is 11.6 Å². The van der Waals surface area contributed by atoms with Crippen LogP contribution in [-0.2, 0) is 0 Å². The molecule has 3 aromatic rings. The zero-order chi connectivity index (χ0) is 14.6. The van der Waals surface area contributed by atoms with E-state index in [0.29, 0.717) is 17.2 Å². The summed E-state index contributed by atoms with van der Waals surface area (Å²) in [7, 11) is 0. The standard InChI is InChI=1S/C16H13FIN3/c17-9-1-6-15-14(7-9)20-16(21(15)11-3-4-11)12-8-10(18)2-5-13(12)19/h1-2,5-8,11H,3-4,19H2. The summed E-state index contributed by atoms with van der Waals surface area (Å²) in [5.41, 5.74) is 9.42. The number of nitrogens with zero attached hydrogens (tertiary/aromatic N) is 2. The van der Waals surface area contributed by atoms with Crippen LogP contribution in [0.2, 0.25) is 0 Å². The van der Waals surface area contributed by atoms with Gasteiger partial charge < -0.3 is 10.3 Å². The summed E-state index contributed by atoms with van der Waals surface area (Å²) >= 11 is 2.26. The van der Waals surface area contributed by atoms with Crippen molar-refractivity contribution in [2.45, 2.75) is 18.9 Å². The summed E-state index contributed by atoms with van der Waals surface area (Å²) in [6, 6.07) is 11.1. The van der Waals surface area contributed by atoms with Gasteiger partial charge in [-0.25, -0.2) is 9.37 Å². The molecule has 0 amide bonds. The maximum atomic E-state index is 13.5. The van der Waals surface area contributed by atoms with Gasteiger partial charge in [0.05, 0.1) is 11.0 Å². The number of hydrogen-bond donors (Lipinski definition) is 1. The van der Waals surface area contributed by atoms with Crippen LogP contribution in [0.4, 0.5) is 10.1 Å². The summed E-state index contributed by atoms with van der Waals surface area (Å²) < 4.78 is 16.8. The molecule has 1 saturated carbocycles. The highest BCUT2D eigenvalue weighted by atomic mass is 127. The molecule has 106 valence electrons. The summed E-state index contributed by atoms with van der Waals surface area (Å²) in [6.07, 6.45) is 2.28. The first-order valence-electron chi connectivity index (χ1n) is 6.86. The molecule has 0 unspecified atom stereocenters. The number of imidazole rings is 1. The van der Waals surface area contributed by atoms with Gasteiger partial charge in [0.2, 0.25) is 0 Å². The quantitative estimate of drug-likeness (QED) is 0.519. The van der Waals surface area contributed by atoms with Gasteiger partial charge in [-0.15, -0.1) is 0 Å². The van der Waals surface area contributed by atoms with Gasteiger partial charge in [-0.05, 0) is 65.8 Å². The fourth-order valence-corrected chi connectivity index (χ4v) is 3.18. The van der Waals surface area contributed by atoms with Crippen molar-refractivity contribution in [3.05, 3.63) is 45.8 Å². The highest BCUT2D eigenvalue weighted by molar-refractivity contribution is 14.1. The summed E-state index contributed by atoms with van der Waals surface area (Å²) in [4.78, 5) is 4.65. The van der Waals surface area contributed by atoms with E-state index in [2.05, 4.69) is 32.1 Å². The van der Waals surface area contributed by atoms with Crippen molar-refractivity contribution in [2.75, 3.05) is 5.73 Å². The predicted octanol–water partition coefficient (Wildman–Crippen LogP) is 4.36. The van der Waals surface area contributed by atoms with Crippen LogP contribution in [0.15, 0.2) is 36.4 Å². The third kappa shape index (κ3) is 2.19. The minimum Gasteiger partial charge on any atom is -0.398 e. The number of aromatic nitrogens is 2. The lowest BCUT2D eigenvalue weighted by Crippen LogP contribution is -2.00. The van der Waals surface area contributed by atoms with E-state index in [4.69, 9.17) is 5.73 Å². The van der Waals surface area contributed by atoms with E-state index in [1.165, 1.54) is 12.1 Å². The highest BCUT2D eigenvalue weighted by Gasteiger charge is 2.29. The first-order chi connectivity index (χ1) is 10.1. The number of nitrogen functional groups attached to an aromatic ring is 1. The number of benzene rings is 2. The Morgan fingerprint density at radius 1 is 1.19 bits per heavy atom. The fraction of sp³-hybridized carbons (Fsp3) is 0.188. The monoisotopic (exact) mass is 393 g/mol. The minimum absolute atomic E-state index is 0.259. The molecule has 0 aliphatic heterocycles. The Balaban J connectivity index is 2.03. The van der Waals surface area contributed by atoms with Gasteiger partial charge in [-0.3, -0.25) is 0 Å². The number of hydrogen-bond acceptors (Lipinski definition) is 2. The van der Waals surface area contributed by atoms with Gasteiger partial charge in [0.25, 0.3) is 0 Å². The third-order valence-corrected chi connectivity index (χ3v) is 4.49. The zero-order valence-corrected chi connectivity index (χ0v) is 13.3. The average molecular weight is 393 g/mol. The lowest BCUT2D eigenvalue weighted by molar-refractivity contribution is 0.629. The molecule has 0 radical (unpaired) electrons. The van der Waals surface area contributed by atoms with Gasteiger partial charge in [0, 0.05) is 26.9 Å². The molecule has 0 saturated heterocycles. The predicted molar refractivity (Wildman–Crippen MR) is 90.5 cm³/mol. The highest BCUT2D eigenvalue weighted by Crippen LogP contribution is 2.42. The molecule has 21 heavy (non-hydrogen) atoms. The fourth-order valence-electron chi connectivity index (χ4n) is 2.69. The van der Waals surface area contributed by atoms with E-state index in [1.54, 1.807) is 0 Å². The lowest BCUT2D eigenvalue weighted by Gasteiger charge is -2.10. The van der Waals surface area contributed by atoms with E-state index in [9.17, 15) is 4.39 Å². The Morgan fingerprint density at radius 2 is 2.00 bits per heavy atom. The van der Waals surface area contributed by atoms with E-state index in [0.717, 1.165) is 33.3 Å². The molecule has 5 heteroatoms. The molecule has 0 atom stereocenters. The number of rotatable bonds is 2. The molecule has 1 fully saturated rings. The first-order valence-corrected chi connectivity index (χ1v) is 7.94. The zero-order valence-electron chi connectivity index (χ0n) is 11.2. The van der Waals surface area contributed by atoms with E-state index < -0.39 is 0 Å². The molecular formula is C16H13FIN3. The molecule has 0 spiro atoms. The van der Waals surface area contributed by atoms with Crippen LogP contribution in [0, 0.1) is 9.39 Å². The molecule has 4 rings (SSSR count).